The van der Waals surface area contributed by atoms with Crippen molar-refractivity contribution in [2.45, 2.75) is 51.5 Å². The number of carbonyl (C=O) groups is 2. The second-order valence-electron chi connectivity index (χ2n) is 7.97. The van der Waals surface area contributed by atoms with E-state index >= 15 is 0 Å². The predicted molar refractivity (Wildman–Crippen MR) is 106 cm³/mol. The lowest BCUT2D eigenvalue weighted by Gasteiger charge is -2.27. The first-order chi connectivity index (χ1) is 12.3. The fourth-order valence-electron chi connectivity index (χ4n) is 4.82. The molecule has 0 bridgehead atoms. The maximum absolute atomic E-state index is 12.7. The fraction of sp³-hybridized carbons (Fsp3) is 0.889. The van der Waals surface area contributed by atoms with Gasteiger partial charge in [0.15, 0.2) is 0 Å². The molecule has 3 aliphatic rings. The zero-order chi connectivity index (χ0) is 18.9. The molecular weight excluding hydrogens is 390 g/mol. The Hall–Kier alpha value is -0.860. The van der Waals surface area contributed by atoms with Crippen LogP contribution in [0.3, 0.4) is 0 Å². The van der Waals surface area contributed by atoms with Gasteiger partial charge in [-0.3, -0.25) is 9.59 Å². The van der Waals surface area contributed by atoms with Crippen LogP contribution in [0.4, 0.5) is 0 Å². The molecule has 27 heavy (non-hydrogen) atoms. The lowest BCUT2D eigenvalue weighted by molar-refractivity contribution is -0.133. The van der Waals surface area contributed by atoms with Gasteiger partial charge in [0, 0.05) is 37.9 Å². The molecule has 3 saturated heterocycles. The van der Waals surface area contributed by atoms with E-state index in [-0.39, 0.29) is 42.1 Å². The zero-order valence-corrected chi connectivity index (χ0v) is 17.9. The normalized spacial score (nSPS) is 29.0. The molecule has 0 aliphatic carbocycles. The standard InChI is InChI=1S/C18H31N3O4S.ClH/c1-3-7-14-15-12-20(13-16(15)21(18(14)23)26(2,24)25)17(22)8-11-19-9-5-4-6-10-19;/h14-16H,3-13H2,1-2H3;1H/t14-,15-,16+;/m1./s1. The van der Waals surface area contributed by atoms with Crippen molar-refractivity contribution in [3.8, 4) is 0 Å². The molecule has 0 aromatic heterocycles. The number of fused-ring (bicyclic) bond motifs is 1. The molecule has 0 spiro atoms. The Balaban J connectivity index is 0.00000261. The Morgan fingerprint density at radius 3 is 2.41 bits per heavy atom. The van der Waals surface area contributed by atoms with E-state index in [0.29, 0.717) is 25.9 Å². The summed E-state index contributed by atoms with van der Waals surface area (Å²) in [6.45, 7) is 5.76. The molecule has 3 atom stereocenters. The largest absolute Gasteiger partial charge is 0.340 e. The summed E-state index contributed by atoms with van der Waals surface area (Å²) in [4.78, 5) is 29.4. The summed E-state index contributed by atoms with van der Waals surface area (Å²) in [5, 5.41) is 0. The van der Waals surface area contributed by atoms with E-state index in [2.05, 4.69) is 4.90 Å². The highest BCUT2D eigenvalue weighted by atomic mass is 35.5. The Morgan fingerprint density at radius 1 is 1.15 bits per heavy atom. The molecule has 3 fully saturated rings. The van der Waals surface area contributed by atoms with E-state index < -0.39 is 10.0 Å². The van der Waals surface area contributed by atoms with Crippen molar-refractivity contribution in [1.29, 1.82) is 0 Å². The van der Waals surface area contributed by atoms with Gasteiger partial charge in [-0.05, 0) is 32.4 Å². The van der Waals surface area contributed by atoms with Crippen LogP contribution in [-0.2, 0) is 19.6 Å². The van der Waals surface area contributed by atoms with Crippen molar-refractivity contribution in [1.82, 2.24) is 14.1 Å². The summed E-state index contributed by atoms with van der Waals surface area (Å²) in [6, 6.07) is -0.381. The molecule has 0 N–H and O–H groups in total. The number of carbonyl (C=O) groups excluding carboxylic acids is 2. The number of hydrogen-bond acceptors (Lipinski definition) is 5. The van der Waals surface area contributed by atoms with Crippen molar-refractivity contribution in [2.24, 2.45) is 11.8 Å². The van der Waals surface area contributed by atoms with Gasteiger partial charge in [0.25, 0.3) is 0 Å². The van der Waals surface area contributed by atoms with Gasteiger partial charge in [0.1, 0.15) is 0 Å². The first kappa shape index (κ1) is 22.4. The van der Waals surface area contributed by atoms with Crippen LogP contribution >= 0.6 is 12.4 Å². The van der Waals surface area contributed by atoms with Crippen molar-refractivity contribution < 1.29 is 18.0 Å². The van der Waals surface area contributed by atoms with Crippen LogP contribution in [0, 0.1) is 11.8 Å². The summed E-state index contributed by atoms with van der Waals surface area (Å²) in [5.74, 6) is -0.526. The van der Waals surface area contributed by atoms with E-state index in [9.17, 15) is 18.0 Å². The molecule has 2 amide bonds. The molecular formula is C18H32ClN3O4S. The lowest BCUT2D eigenvalue weighted by Crippen LogP contribution is -2.43. The smallest absolute Gasteiger partial charge is 0.239 e. The minimum Gasteiger partial charge on any atom is -0.340 e. The predicted octanol–water partition coefficient (Wildman–Crippen LogP) is 1.33. The average molecular weight is 422 g/mol. The third-order valence-corrected chi connectivity index (χ3v) is 7.25. The van der Waals surface area contributed by atoms with Gasteiger partial charge in [-0.15, -0.1) is 12.4 Å². The monoisotopic (exact) mass is 421 g/mol. The Morgan fingerprint density at radius 2 is 1.81 bits per heavy atom. The van der Waals surface area contributed by atoms with E-state index in [1.807, 2.05) is 6.92 Å². The van der Waals surface area contributed by atoms with Gasteiger partial charge in [-0.2, -0.15) is 0 Å². The number of hydrogen-bond donors (Lipinski definition) is 0. The Labute approximate surface area is 168 Å². The molecule has 3 aliphatic heterocycles. The Kier molecular flexibility index (Phi) is 7.55. The average Bonchev–Trinajstić information content (AvgIpc) is 3.11. The van der Waals surface area contributed by atoms with Crippen LogP contribution in [0.5, 0.6) is 0 Å². The summed E-state index contributed by atoms with van der Waals surface area (Å²) < 4.78 is 25.3. The highest BCUT2D eigenvalue weighted by Crippen LogP contribution is 2.40. The van der Waals surface area contributed by atoms with E-state index in [1.54, 1.807) is 4.90 Å². The molecule has 0 saturated carbocycles. The molecule has 9 heteroatoms. The van der Waals surface area contributed by atoms with E-state index in [0.717, 1.165) is 36.6 Å². The second-order valence-corrected chi connectivity index (χ2v) is 9.83. The van der Waals surface area contributed by atoms with Crippen LogP contribution in [0.2, 0.25) is 0 Å². The van der Waals surface area contributed by atoms with Crippen LogP contribution in [0.1, 0.15) is 45.4 Å². The van der Waals surface area contributed by atoms with Crippen molar-refractivity contribution >= 4 is 34.2 Å². The highest BCUT2D eigenvalue weighted by molar-refractivity contribution is 7.88. The van der Waals surface area contributed by atoms with Crippen LogP contribution in [-0.4, -0.2) is 79.4 Å². The summed E-state index contributed by atoms with van der Waals surface area (Å²) in [7, 11) is -3.60. The van der Waals surface area contributed by atoms with Crippen LogP contribution in [0.15, 0.2) is 0 Å². The van der Waals surface area contributed by atoms with Gasteiger partial charge in [0.05, 0.1) is 12.3 Å². The molecule has 3 rings (SSSR count). The SMILES string of the molecule is CCC[C@H]1C(=O)N(S(C)(=O)=O)[C@H]2CN(C(=O)CCN3CCCCC3)C[C@H]12.Cl. The maximum Gasteiger partial charge on any atom is 0.239 e. The van der Waals surface area contributed by atoms with Gasteiger partial charge in [-0.1, -0.05) is 19.8 Å². The quantitative estimate of drug-likeness (QED) is 0.646. The molecule has 0 unspecified atom stereocenters. The summed E-state index contributed by atoms with van der Waals surface area (Å²) >= 11 is 0. The molecule has 0 aromatic carbocycles. The Bertz CT molecular complexity index is 651. The van der Waals surface area contributed by atoms with Crippen LogP contribution < -0.4 is 0 Å². The number of likely N-dealkylation sites (tertiary alicyclic amines) is 2. The second kappa shape index (κ2) is 9.09. The van der Waals surface area contributed by atoms with Crippen molar-refractivity contribution in [3.05, 3.63) is 0 Å². The van der Waals surface area contributed by atoms with Crippen LogP contribution in [0.25, 0.3) is 0 Å². The van der Waals surface area contributed by atoms with E-state index in [4.69, 9.17) is 0 Å². The number of sulfonamides is 1. The van der Waals surface area contributed by atoms with Gasteiger partial charge < -0.3 is 9.80 Å². The number of rotatable bonds is 6. The molecule has 0 aromatic rings. The molecule has 7 nitrogen and oxygen atoms in total. The van der Waals surface area contributed by atoms with Crippen molar-refractivity contribution in [3.63, 3.8) is 0 Å². The number of halogens is 1. The third kappa shape index (κ3) is 4.77. The first-order valence-corrected chi connectivity index (χ1v) is 11.7. The van der Waals surface area contributed by atoms with Gasteiger partial charge >= 0.3 is 0 Å². The molecule has 3 heterocycles. The molecule has 0 radical (unpaired) electrons. The summed E-state index contributed by atoms with van der Waals surface area (Å²) in [5.41, 5.74) is 0. The summed E-state index contributed by atoms with van der Waals surface area (Å²) in [6.07, 6.45) is 6.76. The third-order valence-electron chi connectivity index (χ3n) is 6.09. The van der Waals surface area contributed by atoms with Gasteiger partial charge in [0.2, 0.25) is 21.8 Å². The first-order valence-electron chi connectivity index (χ1n) is 9.86. The van der Waals surface area contributed by atoms with E-state index in [1.165, 1.54) is 19.3 Å². The highest BCUT2D eigenvalue weighted by Gasteiger charge is 2.55. The van der Waals surface area contributed by atoms with Crippen molar-refractivity contribution in [2.75, 3.05) is 39.0 Å². The minimum absolute atomic E-state index is 0. The minimum atomic E-state index is -3.60. The zero-order valence-electron chi connectivity index (χ0n) is 16.3. The fourth-order valence-corrected chi connectivity index (χ4v) is 6.00. The molecule has 156 valence electrons. The van der Waals surface area contributed by atoms with Gasteiger partial charge in [-0.25, -0.2) is 12.7 Å². The number of piperidine rings is 1. The lowest BCUT2D eigenvalue weighted by atomic mass is 9.89. The maximum atomic E-state index is 12.7. The topological polar surface area (TPSA) is 78.0 Å². The number of amides is 2. The number of nitrogens with zero attached hydrogens (tertiary/aromatic N) is 3.